The summed E-state index contributed by atoms with van der Waals surface area (Å²) in [6.45, 7) is 9.30. The second-order valence-corrected chi connectivity index (χ2v) is 7.57. The van der Waals surface area contributed by atoms with Crippen LogP contribution in [0, 0.1) is 13.8 Å². The highest BCUT2D eigenvalue weighted by Gasteiger charge is 2.18. The lowest BCUT2D eigenvalue weighted by Gasteiger charge is -2.27. The van der Waals surface area contributed by atoms with Crippen molar-refractivity contribution < 1.29 is 4.79 Å². The quantitative estimate of drug-likeness (QED) is 0.650. The van der Waals surface area contributed by atoms with E-state index in [4.69, 9.17) is 0 Å². The SMILES string of the molecule is Cc1ccc(CNC(=O)c2cc(C)nc(N(Cc3ccccc3)C(C)C)n2)cc1. The van der Waals surface area contributed by atoms with Gasteiger partial charge in [-0.1, -0.05) is 60.2 Å². The van der Waals surface area contributed by atoms with Gasteiger partial charge in [0.15, 0.2) is 0 Å². The molecule has 0 aliphatic heterocycles. The Balaban J connectivity index is 1.78. The van der Waals surface area contributed by atoms with Gasteiger partial charge in [-0.25, -0.2) is 9.97 Å². The first-order chi connectivity index (χ1) is 13.9. The molecule has 0 radical (unpaired) electrons. The van der Waals surface area contributed by atoms with Crippen molar-refractivity contribution in [1.82, 2.24) is 15.3 Å². The monoisotopic (exact) mass is 388 g/mol. The Labute approximate surface area is 172 Å². The molecule has 29 heavy (non-hydrogen) atoms. The fourth-order valence-electron chi connectivity index (χ4n) is 3.04. The number of carbonyl (C=O) groups excluding carboxylic acids is 1. The number of anilines is 1. The highest BCUT2D eigenvalue weighted by Crippen LogP contribution is 2.17. The molecule has 5 nitrogen and oxygen atoms in total. The van der Waals surface area contributed by atoms with Crippen molar-refractivity contribution in [3.05, 3.63) is 88.7 Å². The number of amides is 1. The predicted octanol–water partition coefficient (Wildman–Crippen LogP) is 4.44. The molecule has 1 amide bonds. The van der Waals surface area contributed by atoms with E-state index in [1.165, 1.54) is 11.1 Å². The number of aromatic nitrogens is 2. The summed E-state index contributed by atoms with van der Waals surface area (Å²) in [6.07, 6.45) is 0. The van der Waals surface area contributed by atoms with E-state index in [1.807, 2.05) is 56.3 Å². The van der Waals surface area contributed by atoms with Crippen molar-refractivity contribution >= 4 is 11.9 Å². The van der Waals surface area contributed by atoms with Crippen LogP contribution in [0.4, 0.5) is 5.95 Å². The summed E-state index contributed by atoms with van der Waals surface area (Å²) in [5, 5.41) is 2.96. The minimum absolute atomic E-state index is 0.194. The van der Waals surface area contributed by atoms with Gasteiger partial charge in [0.25, 0.3) is 5.91 Å². The van der Waals surface area contributed by atoms with E-state index in [9.17, 15) is 4.79 Å². The summed E-state index contributed by atoms with van der Waals surface area (Å²) < 4.78 is 0. The summed E-state index contributed by atoms with van der Waals surface area (Å²) in [5.41, 5.74) is 4.59. The van der Waals surface area contributed by atoms with Gasteiger partial charge in [0.2, 0.25) is 5.95 Å². The molecule has 0 saturated heterocycles. The molecule has 1 heterocycles. The van der Waals surface area contributed by atoms with Crippen molar-refractivity contribution in [3.8, 4) is 0 Å². The van der Waals surface area contributed by atoms with Crippen molar-refractivity contribution in [2.45, 2.75) is 46.8 Å². The Kier molecular flexibility index (Phi) is 6.60. The number of hydrogen-bond acceptors (Lipinski definition) is 4. The van der Waals surface area contributed by atoms with Gasteiger partial charge in [-0.15, -0.1) is 0 Å². The smallest absolute Gasteiger partial charge is 0.270 e. The summed E-state index contributed by atoms with van der Waals surface area (Å²) in [7, 11) is 0. The van der Waals surface area contributed by atoms with Crippen LogP contribution in [-0.4, -0.2) is 21.9 Å². The van der Waals surface area contributed by atoms with E-state index >= 15 is 0 Å². The molecule has 1 aromatic heterocycles. The third kappa shape index (κ3) is 5.64. The van der Waals surface area contributed by atoms with Crippen LogP contribution in [-0.2, 0) is 13.1 Å². The molecular weight excluding hydrogens is 360 g/mol. The van der Waals surface area contributed by atoms with Crippen LogP contribution in [0.1, 0.15) is 46.7 Å². The number of nitrogens with one attached hydrogen (secondary N) is 1. The van der Waals surface area contributed by atoms with Crippen LogP contribution >= 0.6 is 0 Å². The van der Waals surface area contributed by atoms with Crippen LogP contribution < -0.4 is 10.2 Å². The van der Waals surface area contributed by atoms with Crippen LogP contribution in [0.3, 0.4) is 0 Å². The Morgan fingerprint density at radius 2 is 1.66 bits per heavy atom. The fraction of sp³-hybridized carbons (Fsp3) is 0.292. The average molecular weight is 389 g/mol. The molecule has 0 spiro atoms. The zero-order chi connectivity index (χ0) is 20.8. The molecule has 5 heteroatoms. The van der Waals surface area contributed by atoms with Crippen LogP contribution in [0.15, 0.2) is 60.7 Å². The first-order valence-electron chi connectivity index (χ1n) is 9.92. The topological polar surface area (TPSA) is 58.1 Å². The third-order valence-corrected chi connectivity index (χ3v) is 4.72. The van der Waals surface area contributed by atoms with Crippen molar-refractivity contribution in [1.29, 1.82) is 0 Å². The zero-order valence-corrected chi connectivity index (χ0v) is 17.5. The molecule has 3 aromatic rings. The summed E-state index contributed by atoms with van der Waals surface area (Å²) in [4.78, 5) is 24.0. The van der Waals surface area contributed by atoms with Gasteiger partial charge in [-0.2, -0.15) is 0 Å². The second-order valence-electron chi connectivity index (χ2n) is 7.57. The lowest BCUT2D eigenvalue weighted by molar-refractivity contribution is 0.0945. The van der Waals surface area contributed by atoms with Gasteiger partial charge >= 0.3 is 0 Å². The van der Waals surface area contributed by atoms with E-state index in [0.717, 1.165) is 11.3 Å². The maximum atomic E-state index is 12.7. The molecular formula is C24H28N4O. The Morgan fingerprint density at radius 3 is 2.31 bits per heavy atom. The van der Waals surface area contributed by atoms with Gasteiger partial charge < -0.3 is 10.2 Å². The van der Waals surface area contributed by atoms with Crippen LogP contribution in [0.25, 0.3) is 0 Å². The van der Waals surface area contributed by atoms with Gasteiger partial charge in [0.05, 0.1) is 0 Å². The first kappa shape index (κ1) is 20.5. The normalized spacial score (nSPS) is 10.8. The predicted molar refractivity (Wildman–Crippen MR) is 117 cm³/mol. The maximum absolute atomic E-state index is 12.7. The van der Waals surface area contributed by atoms with E-state index < -0.39 is 0 Å². The molecule has 2 aromatic carbocycles. The van der Waals surface area contributed by atoms with Gasteiger partial charge in [-0.05, 0) is 44.9 Å². The van der Waals surface area contributed by atoms with Crippen molar-refractivity contribution in [2.24, 2.45) is 0 Å². The van der Waals surface area contributed by atoms with E-state index in [1.54, 1.807) is 6.07 Å². The number of nitrogens with zero attached hydrogens (tertiary/aromatic N) is 3. The zero-order valence-electron chi connectivity index (χ0n) is 17.5. The van der Waals surface area contributed by atoms with Crippen molar-refractivity contribution in [2.75, 3.05) is 4.90 Å². The molecule has 0 unspecified atom stereocenters. The number of benzene rings is 2. The first-order valence-corrected chi connectivity index (χ1v) is 9.92. The lowest BCUT2D eigenvalue weighted by atomic mass is 10.1. The number of carbonyl (C=O) groups is 1. The molecule has 0 aliphatic rings. The summed E-state index contributed by atoms with van der Waals surface area (Å²) in [5.74, 6) is 0.380. The number of hydrogen-bond donors (Lipinski definition) is 1. The largest absolute Gasteiger partial charge is 0.347 e. The molecule has 0 fully saturated rings. The molecule has 0 aliphatic carbocycles. The standard InChI is InChI=1S/C24H28N4O/c1-17(2)28(16-21-8-6-5-7-9-21)24-26-19(4)14-22(27-24)23(29)25-15-20-12-10-18(3)11-13-20/h5-14,17H,15-16H2,1-4H3,(H,25,29). The molecule has 150 valence electrons. The molecule has 0 bridgehead atoms. The number of aryl methyl sites for hydroxylation is 2. The minimum atomic E-state index is -0.194. The van der Waals surface area contributed by atoms with Crippen LogP contribution in [0.5, 0.6) is 0 Å². The Bertz CT molecular complexity index is 952. The summed E-state index contributed by atoms with van der Waals surface area (Å²) in [6, 6.07) is 20.3. The van der Waals surface area contributed by atoms with E-state index in [0.29, 0.717) is 24.7 Å². The molecule has 0 saturated carbocycles. The Hall–Kier alpha value is -3.21. The molecule has 0 atom stereocenters. The molecule has 1 N–H and O–H groups in total. The maximum Gasteiger partial charge on any atom is 0.270 e. The minimum Gasteiger partial charge on any atom is -0.347 e. The highest BCUT2D eigenvalue weighted by molar-refractivity contribution is 5.92. The molecule has 3 rings (SSSR count). The van der Waals surface area contributed by atoms with Crippen molar-refractivity contribution in [3.63, 3.8) is 0 Å². The van der Waals surface area contributed by atoms with E-state index in [-0.39, 0.29) is 11.9 Å². The van der Waals surface area contributed by atoms with Gasteiger partial charge in [0.1, 0.15) is 5.69 Å². The third-order valence-electron chi connectivity index (χ3n) is 4.72. The Morgan fingerprint density at radius 1 is 0.966 bits per heavy atom. The number of rotatable bonds is 7. The average Bonchev–Trinajstić information content (AvgIpc) is 2.71. The lowest BCUT2D eigenvalue weighted by Crippen LogP contribution is -2.33. The summed E-state index contributed by atoms with van der Waals surface area (Å²) >= 11 is 0. The van der Waals surface area contributed by atoms with E-state index in [2.05, 4.69) is 46.2 Å². The second kappa shape index (κ2) is 9.32. The van der Waals surface area contributed by atoms with Gasteiger partial charge in [0, 0.05) is 24.8 Å². The van der Waals surface area contributed by atoms with Crippen LogP contribution in [0.2, 0.25) is 0 Å². The van der Waals surface area contributed by atoms with Gasteiger partial charge in [-0.3, -0.25) is 4.79 Å². The fourth-order valence-corrected chi connectivity index (χ4v) is 3.04. The highest BCUT2D eigenvalue weighted by atomic mass is 16.1.